The van der Waals surface area contributed by atoms with Crippen molar-refractivity contribution >= 4 is 23.8 Å². The molecule has 15 atom stereocenters. The third kappa shape index (κ3) is 10.6. The minimum absolute atomic E-state index is 0.0563. The summed E-state index contributed by atoms with van der Waals surface area (Å²) < 4.78 is 31.4. The van der Waals surface area contributed by atoms with Gasteiger partial charge in [0.2, 0.25) is 11.8 Å². The first kappa shape index (κ1) is 43.4. The Labute approximate surface area is 320 Å². The highest BCUT2D eigenvalue weighted by Crippen LogP contribution is 2.40. The Morgan fingerprint density at radius 1 is 0.873 bits per heavy atom. The van der Waals surface area contributed by atoms with E-state index in [0.29, 0.717) is 25.9 Å². The van der Waals surface area contributed by atoms with E-state index < -0.39 is 116 Å². The van der Waals surface area contributed by atoms with Gasteiger partial charge in [-0.3, -0.25) is 19.8 Å². The van der Waals surface area contributed by atoms with Crippen LogP contribution in [-0.2, 0) is 38.1 Å². The van der Waals surface area contributed by atoms with Crippen LogP contribution in [0.3, 0.4) is 0 Å². The minimum atomic E-state index is -1.65. The van der Waals surface area contributed by atoms with Crippen LogP contribution in [0.5, 0.6) is 0 Å². The molecule has 0 spiro atoms. The Morgan fingerprint density at radius 3 is 2.18 bits per heavy atom. The largest absolute Gasteiger partial charge is 0.394 e. The van der Waals surface area contributed by atoms with Crippen molar-refractivity contribution in [3.05, 3.63) is 0 Å². The summed E-state index contributed by atoms with van der Waals surface area (Å²) in [6, 6.07) is -2.21. The molecule has 19 nitrogen and oxygen atoms in total. The molecule has 0 radical (unpaired) electrons. The predicted molar refractivity (Wildman–Crippen MR) is 190 cm³/mol. The fraction of sp³-hybridized carbons (Fsp3) is 0.889. The van der Waals surface area contributed by atoms with Crippen LogP contribution in [-0.4, -0.2) is 154 Å². The lowest BCUT2D eigenvalue weighted by Crippen LogP contribution is -2.67. The number of hydrogen-bond acceptors (Lipinski definition) is 14. The number of carbonyl (C=O) groups excluding carboxylic acids is 4. The first-order valence-corrected chi connectivity index (χ1v) is 19.7. The van der Waals surface area contributed by atoms with Crippen LogP contribution in [0, 0.1) is 17.8 Å². The molecule has 10 N–H and O–H groups in total. The number of nitrogens with zero attached hydrogens (tertiary/aromatic N) is 1. The average Bonchev–Trinajstić information content (AvgIpc) is 3.13. The van der Waals surface area contributed by atoms with Crippen LogP contribution in [0.2, 0.25) is 0 Å². The lowest BCUT2D eigenvalue weighted by atomic mass is 9.75. The van der Waals surface area contributed by atoms with Gasteiger partial charge in [-0.1, -0.05) is 45.4 Å². The lowest BCUT2D eigenvalue weighted by molar-refractivity contribution is -0.338. The van der Waals surface area contributed by atoms with Crippen LogP contribution >= 0.6 is 0 Å². The summed E-state index contributed by atoms with van der Waals surface area (Å²) in [6.07, 6.45) is -8.52. The molecule has 3 saturated heterocycles. The fourth-order valence-corrected chi connectivity index (χ4v) is 8.54. The number of urea groups is 1. The Morgan fingerprint density at radius 2 is 1.58 bits per heavy atom. The summed E-state index contributed by atoms with van der Waals surface area (Å²) in [5.74, 6) is -2.34. The molecular weight excluding hydrogens is 726 g/mol. The third-order valence-electron chi connectivity index (χ3n) is 11.8. The zero-order valence-electron chi connectivity index (χ0n) is 31.9. The molecular formula is C36H61N5O14. The molecule has 3 aliphatic heterocycles. The van der Waals surface area contributed by atoms with E-state index in [9.17, 15) is 44.7 Å². The van der Waals surface area contributed by atoms with Gasteiger partial charge in [-0.15, -0.1) is 0 Å². The molecule has 0 bridgehead atoms. The van der Waals surface area contributed by atoms with Gasteiger partial charge in [0.15, 0.2) is 12.6 Å². The van der Waals surface area contributed by atoms with Crippen molar-refractivity contribution in [2.45, 2.75) is 165 Å². The highest BCUT2D eigenvalue weighted by Gasteiger charge is 2.53. The number of likely N-dealkylation sites (tertiary alicyclic amines) is 1. The molecule has 5 fully saturated rings. The van der Waals surface area contributed by atoms with E-state index in [1.54, 1.807) is 4.90 Å². The SMILES string of the molecule is CC[C@@H]1CC(C(=O)NNC(N)=O)CC(O[C@@H]2O[C@@H](CO)C(O)C(O[C@@H](CC3CCCCC3)C(=O)N3CCC3)C2NC(C)=O)C1OC1OC(C)C(O)C(O)C1O. The fourth-order valence-electron chi connectivity index (χ4n) is 8.54. The van der Waals surface area contributed by atoms with Gasteiger partial charge < -0.3 is 65.2 Å². The quantitative estimate of drug-likeness (QED) is 0.0938. The maximum Gasteiger partial charge on any atom is 0.330 e. The van der Waals surface area contributed by atoms with Gasteiger partial charge in [0.05, 0.1) is 24.9 Å². The second-order valence-electron chi connectivity index (χ2n) is 15.7. The summed E-state index contributed by atoms with van der Waals surface area (Å²) in [4.78, 5) is 53.0. The van der Waals surface area contributed by atoms with Crippen molar-refractivity contribution in [2.24, 2.45) is 23.5 Å². The molecule has 0 aromatic carbocycles. The molecule has 11 unspecified atom stereocenters. The van der Waals surface area contributed by atoms with E-state index >= 15 is 0 Å². The molecule has 5 rings (SSSR count). The molecule has 5 aliphatic rings. The highest BCUT2D eigenvalue weighted by atomic mass is 16.7. The van der Waals surface area contributed by atoms with Gasteiger partial charge in [-0.2, -0.15) is 0 Å². The van der Waals surface area contributed by atoms with Crippen molar-refractivity contribution < 1.29 is 68.4 Å². The molecule has 3 heterocycles. The smallest absolute Gasteiger partial charge is 0.330 e. The highest BCUT2D eigenvalue weighted by molar-refractivity contribution is 5.82. The summed E-state index contributed by atoms with van der Waals surface area (Å²) >= 11 is 0. The maximum absolute atomic E-state index is 13.8. The van der Waals surface area contributed by atoms with Gasteiger partial charge in [-0.05, 0) is 44.4 Å². The maximum atomic E-state index is 13.8. The average molecular weight is 788 g/mol. The van der Waals surface area contributed by atoms with Crippen LogP contribution in [0.15, 0.2) is 0 Å². The van der Waals surface area contributed by atoms with Gasteiger partial charge in [0.25, 0.3) is 5.91 Å². The lowest BCUT2D eigenvalue weighted by Gasteiger charge is -2.49. The van der Waals surface area contributed by atoms with E-state index in [0.717, 1.165) is 38.5 Å². The van der Waals surface area contributed by atoms with Crippen molar-refractivity contribution in [2.75, 3.05) is 19.7 Å². The zero-order chi connectivity index (χ0) is 40.0. The normalized spacial score (nSPS) is 39.0. The number of rotatable bonds is 13. The molecule has 0 aromatic heterocycles. The number of hydrazine groups is 1. The second-order valence-corrected chi connectivity index (χ2v) is 15.7. The Hall–Kier alpha value is -2.72. The number of aliphatic hydroxyl groups is 5. The third-order valence-corrected chi connectivity index (χ3v) is 11.8. The standard InChI is InChI=1S/C36H61N5O14/c1-4-20-14-21(32(48)39-40-36(37)50)15-22(30(20)55-35-29(47)28(46)26(44)17(2)51-35)53-34-25(38-18(3)43)31(27(45)24(16-42)54-34)52-23(33(49)41-11-8-12-41)13-19-9-6-5-7-10-19/h17,19-31,34-35,42,44-47H,4-16H2,1-3H3,(H,38,43)(H,39,48)(H3,37,40,50)/t17?,20-,21?,22?,23+,24+,25?,26?,27?,28?,29?,30?,31?,34-,35?/m1/s1. The summed E-state index contributed by atoms with van der Waals surface area (Å²) in [6.45, 7) is 5.11. The van der Waals surface area contributed by atoms with E-state index in [-0.39, 0.29) is 24.7 Å². The van der Waals surface area contributed by atoms with E-state index in [2.05, 4.69) is 16.2 Å². The van der Waals surface area contributed by atoms with Gasteiger partial charge in [0, 0.05) is 25.9 Å². The Balaban J connectivity index is 1.46. The number of carbonyl (C=O) groups is 4. The van der Waals surface area contributed by atoms with Gasteiger partial charge in [-0.25, -0.2) is 10.2 Å². The molecule has 0 aromatic rings. The van der Waals surface area contributed by atoms with Crippen LogP contribution in [0.1, 0.15) is 85.0 Å². The van der Waals surface area contributed by atoms with Crippen LogP contribution in [0.4, 0.5) is 4.79 Å². The van der Waals surface area contributed by atoms with E-state index in [1.165, 1.54) is 13.8 Å². The number of nitrogens with one attached hydrogen (secondary N) is 3. The Kier molecular flexibility index (Phi) is 15.5. The summed E-state index contributed by atoms with van der Waals surface area (Å²) in [5, 5.41) is 56.5. The van der Waals surface area contributed by atoms with Crippen molar-refractivity contribution in [3.8, 4) is 0 Å². The number of ether oxygens (including phenoxy) is 5. The first-order valence-electron chi connectivity index (χ1n) is 19.7. The van der Waals surface area contributed by atoms with Crippen molar-refractivity contribution in [3.63, 3.8) is 0 Å². The number of nitrogens with two attached hydrogens (primary N) is 1. The monoisotopic (exact) mass is 787 g/mol. The number of hydrogen-bond donors (Lipinski definition) is 9. The van der Waals surface area contributed by atoms with Crippen molar-refractivity contribution in [1.29, 1.82) is 0 Å². The topological polar surface area (TPSA) is 281 Å². The molecule has 19 heteroatoms. The first-order chi connectivity index (χ1) is 26.2. The molecule has 5 amide bonds. The zero-order valence-corrected chi connectivity index (χ0v) is 31.9. The van der Waals surface area contributed by atoms with E-state index in [4.69, 9.17) is 29.4 Å². The Bertz CT molecular complexity index is 1310. The summed E-state index contributed by atoms with van der Waals surface area (Å²) in [5.41, 5.74) is 9.55. The molecule has 55 heavy (non-hydrogen) atoms. The molecule has 314 valence electrons. The van der Waals surface area contributed by atoms with Crippen LogP contribution < -0.4 is 21.9 Å². The van der Waals surface area contributed by atoms with Crippen LogP contribution in [0.25, 0.3) is 0 Å². The molecule has 2 saturated carbocycles. The minimum Gasteiger partial charge on any atom is -0.394 e. The molecule has 2 aliphatic carbocycles. The number of aliphatic hydroxyl groups excluding tert-OH is 5. The van der Waals surface area contributed by atoms with Gasteiger partial charge >= 0.3 is 6.03 Å². The number of amides is 5. The summed E-state index contributed by atoms with van der Waals surface area (Å²) in [7, 11) is 0. The number of primary amides is 1. The van der Waals surface area contributed by atoms with Crippen molar-refractivity contribution in [1.82, 2.24) is 21.1 Å². The second kappa shape index (κ2) is 19.6. The van der Waals surface area contributed by atoms with Gasteiger partial charge in [0.1, 0.15) is 48.8 Å². The predicted octanol–water partition coefficient (Wildman–Crippen LogP) is -1.74. The van der Waals surface area contributed by atoms with E-state index in [1.807, 2.05) is 6.92 Å².